The third-order valence-electron chi connectivity index (χ3n) is 4.27. The van der Waals surface area contributed by atoms with Crippen LogP contribution in [0.5, 0.6) is 0 Å². The van der Waals surface area contributed by atoms with Crippen molar-refractivity contribution in [2.24, 2.45) is 0 Å². The van der Waals surface area contributed by atoms with Gasteiger partial charge in [-0.1, -0.05) is 38.5 Å². The van der Waals surface area contributed by atoms with Crippen molar-refractivity contribution in [1.29, 1.82) is 0 Å². The molecule has 27 heavy (non-hydrogen) atoms. The van der Waals surface area contributed by atoms with Crippen LogP contribution < -0.4 is 21.9 Å². The van der Waals surface area contributed by atoms with Crippen LogP contribution >= 0.6 is 0 Å². The van der Waals surface area contributed by atoms with Crippen LogP contribution in [-0.4, -0.2) is 22.0 Å². The molecular weight excluding hydrogens is 351 g/mol. The molecule has 0 spiro atoms. The molecule has 0 saturated heterocycles. The number of H-pyrrole nitrogens is 1. The number of benzene rings is 1. The molecule has 0 aliphatic rings. The van der Waals surface area contributed by atoms with E-state index in [4.69, 9.17) is 5.73 Å². The summed E-state index contributed by atoms with van der Waals surface area (Å²) in [6.07, 6.45) is 1.85. The highest BCUT2D eigenvalue weighted by atomic mass is 19.1. The Bertz CT molecular complexity index is 920. The summed E-state index contributed by atoms with van der Waals surface area (Å²) in [6.45, 7) is 4.39. The molecule has 3 N–H and O–H groups in total. The molecule has 1 aromatic heterocycles. The number of aromatic amines is 1. The number of hydrogen-bond acceptors (Lipinski definition) is 4. The van der Waals surface area contributed by atoms with Gasteiger partial charge in [-0.15, -0.1) is 0 Å². The summed E-state index contributed by atoms with van der Waals surface area (Å²) in [5.74, 6) is -0.991. The van der Waals surface area contributed by atoms with Gasteiger partial charge in [-0.25, -0.2) is 9.18 Å². The lowest BCUT2D eigenvalue weighted by Crippen LogP contribution is -2.42. The van der Waals surface area contributed by atoms with Gasteiger partial charge < -0.3 is 10.6 Å². The van der Waals surface area contributed by atoms with E-state index in [0.29, 0.717) is 19.4 Å². The predicted molar refractivity (Wildman–Crippen MR) is 103 cm³/mol. The Morgan fingerprint density at radius 2 is 1.93 bits per heavy atom. The summed E-state index contributed by atoms with van der Waals surface area (Å²) < 4.78 is 15.2. The van der Waals surface area contributed by atoms with Crippen LogP contribution in [0.2, 0.25) is 0 Å². The zero-order chi connectivity index (χ0) is 20.0. The average molecular weight is 376 g/mol. The Balaban J connectivity index is 2.49. The number of nitrogens with one attached hydrogen (secondary N) is 1. The number of carbonyl (C=O) groups excluding carboxylic acids is 1. The summed E-state index contributed by atoms with van der Waals surface area (Å²) in [4.78, 5) is 40.8. The lowest BCUT2D eigenvalue weighted by molar-refractivity contribution is -0.118. The molecule has 0 saturated carbocycles. The molecule has 1 amide bonds. The van der Waals surface area contributed by atoms with E-state index >= 15 is 0 Å². The number of rotatable bonds is 8. The van der Waals surface area contributed by atoms with Gasteiger partial charge in [0.1, 0.15) is 11.6 Å². The highest BCUT2D eigenvalue weighted by Crippen LogP contribution is 2.20. The monoisotopic (exact) mass is 376 g/mol. The van der Waals surface area contributed by atoms with E-state index in [-0.39, 0.29) is 30.0 Å². The highest BCUT2D eigenvalue weighted by molar-refractivity contribution is 5.96. The molecule has 1 aromatic carbocycles. The van der Waals surface area contributed by atoms with E-state index in [2.05, 4.69) is 4.98 Å². The fourth-order valence-electron chi connectivity index (χ4n) is 2.86. The van der Waals surface area contributed by atoms with Crippen molar-refractivity contribution >= 4 is 17.4 Å². The van der Waals surface area contributed by atoms with Crippen molar-refractivity contribution in [3.63, 3.8) is 0 Å². The molecule has 8 heteroatoms. The summed E-state index contributed by atoms with van der Waals surface area (Å²) in [6, 6.07) is 5.99. The third-order valence-corrected chi connectivity index (χ3v) is 4.27. The van der Waals surface area contributed by atoms with Crippen LogP contribution in [0, 0.1) is 5.82 Å². The molecule has 0 atom stereocenters. The largest absolute Gasteiger partial charge is 0.383 e. The van der Waals surface area contributed by atoms with Crippen molar-refractivity contribution in [2.45, 2.75) is 46.1 Å². The number of nitrogens with zero attached hydrogens (tertiary/aromatic N) is 2. The SMILES string of the molecule is CCCCN(C(=O)Cc1ccccc1F)c1c(N)n(CCC)c(=O)[nH]c1=O. The second kappa shape index (κ2) is 9.16. The van der Waals surface area contributed by atoms with E-state index < -0.39 is 23.0 Å². The first-order chi connectivity index (χ1) is 12.9. The van der Waals surface area contributed by atoms with Crippen LogP contribution in [0.25, 0.3) is 0 Å². The quantitative estimate of drug-likeness (QED) is 0.736. The molecule has 0 fully saturated rings. The van der Waals surface area contributed by atoms with E-state index in [9.17, 15) is 18.8 Å². The molecular formula is C19H25FN4O3. The van der Waals surface area contributed by atoms with Crippen LogP contribution in [-0.2, 0) is 17.8 Å². The number of halogens is 1. The average Bonchev–Trinajstić information content (AvgIpc) is 2.63. The lowest BCUT2D eigenvalue weighted by atomic mass is 10.1. The van der Waals surface area contributed by atoms with Crippen molar-refractivity contribution < 1.29 is 9.18 Å². The normalized spacial score (nSPS) is 10.8. The van der Waals surface area contributed by atoms with Gasteiger partial charge in [0.25, 0.3) is 5.56 Å². The minimum Gasteiger partial charge on any atom is -0.383 e. The minimum absolute atomic E-state index is 0.0522. The Morgan fingerprint density at radius 1 is 1.22 bits per heavy atom. The predicted octanol–water partition coefficient (Wildman–Crippen LogP) is 2.04. The van der Waals surface area contributed by atoms with Gasteiger partial charge in [-0.05, 0) is 24.5 Å². The van der Waals surface area contributed by atoms with E-state index in [1.54, 1.807) is 12.1 Å². The summed E-state index contributed by atoms with van der Waals surface area (Å²) in [5.41, 5.74) is 4.93. The highest BCUT2D eigenvalue weighted by Gasteiger charge is 2.24. The lowest BCUT2D eigenvalue weighted by Gasteiger charge is -2.24. The van der Waals surface area contributed by atoms with Gasteiger partial charge >= 0.3 is 5.69 Å². The van der Waals surface area contributed by atoms with Crippen LogP contribution in [0.4, 0.5) is 15.9 Å². The zero-order valence-corrected chi connectivity index (χ0v) is 15.6. The maximum absolute atomic E-state index is 13.9. The van der Waals surface area contributed by atoms with Gasteiger partial charge in [-0.2, -0.15) is 0 Å². The Morgan fingerprint density at radius 3 is 2.56 bits per heavy atom. The molecule has 0 aliphatic heterocycles. The maximum Gasteiger partial charge on any atom is 0.330 e. The number of anilines is 2. The van der Waals surface area contributed by atoms with Crippen molar-refractivity contribution in [3.05, 3.63) is 56.5 Å². The van der Waals surface area contributed by atoms with E-state index in [1.807, 2.05) is 13.8 Å². The van der Waals surface area contributed by atoms with Crippen LogP contribution in [0.15, 0.2) is 33.9 Å². The van der Waals surface area contributed by atoms with Crippen LogP contribution in [0.1, 0.15) is 38.7 Å². The Hall–Kier alpha value is -2.90. The smallest absolute Gasteiger partial charge is 0.330 e. The molecule has 0 bridgehead atoms. The number of carbonyl (C=O) groups is 1. The summed E-state index contributed by atoms with van der Waals surface area (Å²) >= 11 is 0. The second-order valence-electron chi connectivity index (χ2n) is 6.31. The number of unbranched alkanes of at least 4 members (excludes halogenated alkanes) is 1. The van der Waals surface area contributed by atoms with Crippen molar-refractivity contribution in [2.75, 3.05) is 17.2 Å². The van der Waals surface area contributed by atoms with Gasteiger partial charge in [0.15, 0.2) is 5.69 Å². The van der Waals surface area contributed by atoms with E-state index in [1.165, 1.54) is 21.6 Å². The van der Waals surface area contributed by atoms with Crippen LogP contribution in [0.3, 0.4) is 0 Å². The number of aromatic nitrogens is 2. The molecule has 146 valence electrons. The van der Waals surface area contributed by atoms with Crippen molar-refractivity contribution in [3.8, 4) is 0 Å². The molecule has 0 radical (unpaired) electrons. The number of nitrogens with two attached hydrogens (primary N) is 1. The maximum atomic E-state index is 13.9. The number of hydrogen-bond donors (Lipinski definition) is 2. The first kappa shape index (κ1) is 20.4. The number of amides is 1. The second-order valence-corrected chi connectivity index (χ2v) is 6.31. The van der Waals surface area contributed by atoms with Gasteiger partial charge in [0.2, 0.25) is 5.91 Å². The standard InChI is InChI=1S/C19H25FN4O3/c1-3-5-11-23(15(25)12-13-8-6-7-9-14(13)20)16-17(21)24(10-4-2)19(27)22-18(16)26/h6-9H,3-5,10-12,21H2,1-2H3,(H,22,26,27). The summed E-state index contributed by atoms with van der Waals surface area (Å²) in [5, 5.41) is 0. The van der Waals surface area contributed by atoms with Crippen molar-refractivity contribution in [1.82, 2.24) is 9.55 Å². The minimum atomic E-state index is -0.720. The molecule has 2 aromatic rings. The molecule has 7 nitrogen and oxygen atoms in total. The first-order valence-corrected chi connectivity index (χ1v) is 9.07. The fourth-order valence-corrected chi connectivity index (χ4v) is 2.86. The molecule has 2 rings (SSSR count). The third kappa shape index (κ3) is 4.64. The Labute approximate surface area is 156 Å². The molecule has 0 unspecified atom stereocenters. The Kier molecular flexibility index (Phi) is 6.92. The van der Waals surface area contributed by atoms with Gasteiger partial charge in [0, 0.05) is 13.1 Å². The molecule has 1 heterocycles. The van der Waals surface area contributed by atoms with Gasteiger partial charge in [0.05, 0.1) is 6.42 Å². The molecule has 0 aliphatic carbocycles. The fraction of sp³-hybridized carbons (Fsp3) is 0.421. The topological polar surface area (TPSA) is 101 Å². The van der Waals surface area contributed by atoms with E-state index in [0.717, 1.165) is 6.42 Å². The summed E-state index contributed by atoms with van der Waals surface area (Å²) in [7, 11) is 0. The number of nitrogen functional groups attached to an aromatic ring is 1. The first-order valence-electron chi connectivity index (χ1n) is 9.07. The van der Waals surface area contributed by atoms with Gasteiger partial charge in [-0.3, -0.25) is 19.1 Å². The zero-order valence-electron chi connectivity index (χ0n) is 15.6.